The molecule has 0 aromatic rings. The summed E-state index contributed by atoms with van der Waals surface area (Å²) in [5, 5.41) is 0. The molecule has 0 aromatic carbocycles. The van der Waals surface area contributed by atoms with E-state index in [0.29, 0.717) is 12.3 Å². The fourth-order valence-electron chi connectivity index (χ4n) is 0.163. The average molecular weight is 141 g/mol. The molecule has 0 spiro atoms. The van der Waals surface area contributed by atoms with Crippen LogP contribution in [0.25, 0.3) is 4.84 Å². The molecule has 2 nitrogen and oxygen atoms in total. The fraction of sp³-hybridized carbons (Fsp3) is 1.00. The van der Waals surface area contributed by atoms with Gasteiger partial charge in [-0.1, -0.05) is 0 Å². The Balaban J connectivity index is 2.82. The molecule has 44 valence electrons. The number of rotatable bonds is 3. The molecule has 0 radical (unpaired) electrons. The van der Waals surface area contributed by atoms with E-state index in [0.717, 1.165) is 0 Å². The maximum Gasteiger partial charge on any atom is 0.0162 e. The Morgan fingerprint density at radius 3 is 2.57 bits per heavy atom. The number of hydrogen-bond acceptors (Lipinski definition) is 1. The van der Waals surface area contributed by atoms with Gasteiger partial charge in [-0.05, 0) is 0 Å². The molecule has 0 amide bonds. The van der Waals surface area contributed by atoms with Crippen LogP contribution in [0.2, 0.25) is 0 Å². The van der Waals surface area contributed by atoms with Gasteiger partial charge in [0.1, 0.15) is 0 Å². The Kier molecular flexibility index (Phi) is 4.82. The quantitative estimate of drug-likeness (QED) is 0.573. The zero-order chi connectivity index (χ0) is 5.70. The first-order valence-corrected chi connectivity index (χ1v) is 3.91. The van der Waals surface area contributed by atoms with Crippen LogP contribution in [0.3, 0.4) is 0 Å². The second-order valence-electron chi connectivity index (χ2n) is 1.12. The molecule has 0 saturated heterocycles. The summed E-state index contributed by atoms with van der Waals surface area (Å²) in [6.45, 7) is 0.491. The summed E-state index contributed by atoms with van der Waals surface area (Å²) in [5.41, 5.74) is 0. The van der Waals surface area contributed by atoms with Crippen LogP contribution in [0, 0.1) is 0 Å². The molecule has 0 rings (SSSR count). The van der Waals surface area contributed by atoms with Crippen LogP contribution < -0.4 is 0 Å². The van der Waals surface area contributed by atoms with Gasteiger partial charge in [0.2, 0.25) is 0 Å². The van der Waals surface area contributed by atoms with Crippen molar-refractivity contribution in [3.8, 4) is 0 Å². The van der Waals surface area contributed by atoms with Gasteiger partial charge in [-0.2, -0.15) is 0 Å². The van der Waals surface area contributed by atoms with Crippen molar-refractivity contribution in [2.45, 2.75) is 0 Å². The summed E-state index contributed by atoms with van der Waals surface area (Å²) in [5.74, 6) is 0.573. The van der Waals surface area contributed by atoms with E-state index in [1.807, 2.05) is 0 Å². The van der Waals surface area contributed by atoms with Crippen LogP contribution >= 0.6 is 11.8 Å². The minimum Gasteiger partial charge on any atom is -0.575 e. The van der Waals surface area contributed by atoms with Gasteiger partial charge >= 0.3 is 0 Å². The van der Waals surface area contributed by atoms with Crippen molar-refractivity contribution in [1.82, 2.24) is 0 Å². The molecule has 0 N–H and O–H groups in total. The Hall–Kier alpha value is 0.400. The van der Waals surface area contributed by atoms with Gasteiger partial charge < -0.3 is 4.84 Å². The Bertz CT molecular complexity index is 68.0. The third-order valence-electron chi connectivity index (χ3n) is 0.463. The first-order chi connectivity index (χ1) is 3.27. The van der Waals surface area contributed by atoms with E-state index in [9.17, 15) is 4.21 Å². The lowest BCUT2D eigenvalue weighted by Crippen LogP contribution is -1.95. The maximum atomic E-state index is 10.2. The minimum absolute atomic E-state index is 0.491. The van der Waals surface area contributed by atoms with Crippen LogP contribution in [0.5, 0.6) is 0 Å². The molecule has 0 heterocycles. The second kappa shape index (κ2) is 4.56. The van der Waals surface area contributed by atoms with Crippen molar-refractivity contribution >= 4 is 22.6 Å². The number of halogens is 1. The van der Waals surface area contributed by atoms with E-state index >= 15 is 0 Å². The maximum absolute atomic E-state index is 10.2. The van der Waals surface area contributed by atoms with Crippen LogP contribution in [0.1, 0.15) is 0 Å². The lowest BCUT2D eigenvalue weighted by atomic mass is 10.8. The lowest BCUT2D eigenvalue weighted by molar-refractivity contribution is 0.687. The highest BCUT2D eigenvalue weighted by Gasteiger charge is 1.78. The predicted octanol–water partition coefficient (Wildman–Crippen LogP) is 0.892. The first-order valence-electron chi connectivity index (χ1n) is 1.85. The fourth-order valence-corrected chi connectivity index (χ4v) is 0.696. The van der Waals surface area contributed by atoms with E-state index in [1.54, 1.807) is 6.26 Å². The monoisotopic (exact) mass is 140 g/mol. The van der Waals surface area contributed by atoms with Gasteiger partial charge in [0.15, 0.2) is 0 Å². The first kappa shape index (κ1) is 7.40. The Morgan fingerprint density at radius 2 is 2.43 bits per heavy atom. The summed E-state index contributed by atoms with van der Waals surface area (Å²) in [4.78, 5) is 3.26. The van der Waals surface area contributed by atoms with Crippen LogP contribution in [0.4, 0.5) is 0 Å². The molecule has 0 bridgehead atoms. The third-order valence-corrected chi connectivity index (χ3v) is 1.39. The Labute approximate surface area is 50.8 Å². The molecule has 0 saturated carbocycles. The molecular formula is C3H7ClNOS-. The lowest BCUT2D eigenvalue weighted by Gasteiger charge is -2.04. The summed E-state index contributed by atoms with van der Waals surface area (Å²) >= 11 is 4.94. The minimum atomic E-state index is -0.744. The zero-order valence-electron chi connectivity index (χ0n) is 4.06. The third kappa shape index (κ3) is 6.40. The van der Waals surface area contributed by atoms with Crippen LogP contribution in [0.15, 0.2) is 0 Å². The molecule has 0 fully saturated rings. The highest BCUT2D eigenvalue weighted by molar-refractivity contribution is 7.84. The van der Waals surface area contributed by atoms with Crippen molar-refractivity contribution < 1.29 is 4.21 Å². The van der Waals surface area contributed by atoms with Crippen molar-refractivity contribution in [2.75, 3.05) is 18.6 Å². The van der Waals surface area contributed by atoms with E-state index < -0.39 is 10.8 Å². The highest BCUT2D eigenvalue weighted by atomic mass is 35.5. The van der Waals surface area contributed by atoms with Crippen LogP contribution in [-0.2, 0) is 10.8 Å². The summed E-state index contributed by atoms with van der Waals surface area (Å²) in [7, 11) is -0.744. The van der Waals surface area contributed by atoms with Crippen LogP contribution in [-0.4, -0.2) is 22.8 Å². The van der Waals surface area contributed by atoms with Gasteiger partial charge in [-0.15, -0.1) is 6.54 Å². The predicted molar refractivity (Wildman–Crippen MR) is 33.0 cm³/mol. The van der Waals surface area contributed by atoms with Crippen molar-refractivity contribution in [3.63, 3.8) is 0 Å². The SMILES string of the molecule is CS(=O)CC[N-]Cl. The molecule has 1 unspecified atom stereocenters. The Morgan fingerprint density at radius 1 is 1.86 bits per heavy atom. The summed E-state index contributed by atoms with van der Waals surface area (Å²) in [6, 6.07) is 0. The van der Waals surface area contributed by atoms with Gasteiger partial charge in [0.05, 0.1) is 0 Å². The van der Waals surface area contributed by atoms with E-state index in [4.69, 9.17) is 11.8 Å². The van der Waals surface area contributed by atoms with Gasteiger partial charge in [0.25, 0.3) is 0 Å². The van der Waals surface area contributed by atoms with Crippen molar-refractivity contribution in [1.29, 1.82) is 0 Å². The normalized spacial score (nSPS) is 14.0. The smallest absolute Gasteiger partial charge is 0.0162 e. The van der Waals surface area contributed by atoms with Gasteiger partial charge in [0, 0.05) is 22.8 Å². The van der Waals surface area contributed by atoms with E-state index in [-0.39, 0.29) is 0 Å². The molecule has 1 atom stereocenters. The molecular weight excluding hydrogens is 134 g/mol. The van der Waals surface area contributed by atoms with Gasteiger partial charge in [-0.3, -0.25) is 16.0 Å². The molecule has 0 aliphatic heterocycles. The standard InChI is InChI=1S/C3H7ClNOS/c1-7(6)3-2-5-4/h2-3H2,1H3/q-1. The zero-order valence-corrected chi connectivity index (χ0v) is 5.63. The summed E-state index contributed by atoms with van der Waals surface area (Å²) in [6.07, 6.45) is 1.63. The number of nitrogens with zero attached hydrogens (tertiary/aromatic N) is 1. The highest BCUT2D eigenvalue weighted by Crippen LogP contribution is 1.89. The molecule has 4 heteroatoms. The van der Waals surface area contributed by atoms with Crippen molar-refractivity contribution in [2.24, 2.45) is 0 Å². The topological polar surface area (TPSA) is 31.2 Å². The largest absolute Gasteiger partial charge is 0.575 e. The van der Waals surface area contributed by atoms with E-state index in [2.05, 4.69) is 4.84 Å². The average Bonchev–Trinajstić information content (AvgIpc) is 1.61. The molecule has 7 heavy (non-hydrogen) atoms. The van der Waals surface area contributed by atoms with Gasteiger partial charge in [-0.25, -0.2) is 0 Å². The second-order valence-corrected chi connectivity index (χ2v) is 2.91. The number of hydrogen-bond donors (Lipinski definition) is 0. The summed E-state index contributed by atoms with van der Waals surface area (Å²) < 4.78 is 10.2. The molecule has 0 aromatic heterocycles. The molecule has 0 aliphatic carbocycles. The van der Waals surface area contributed by atoms with E-state index in [1.165, 1.54) is 0 Å². The van der Waals surface area contributed by atoms with Crippen molar-refractivity contribution in [3.05, 3.63) is 4.84 Å². The molecule has 0 aliphatic rings.